The van der Waals surface area contributed by atoms with Gasteiger partial charge in [-0.2, -0.15) is 0 Å². The largest absolute Gasteiger partial charge is 0.465 e. The Hall–Kier alpha value is -7.38. The van der Waals surface area contributed by atoms with E-state index >= 15 is 0 Å². The van der Waals surface area contributed by atoms with Gasteiger partial charge < -0.3 is 47.4 Å². The van der Waals surface area contributed by atoms with Crippen LogP contribution in [0.4, 0.5) is 0 Å². The molecule has 0 atom stereocenters. The summed E-state index contributed by atoms with van der Waals surface area (Å²) in [5.74, 6) is -9.08. The van der Waals surface area contributed by atoms with Crippen LogP contribution in [0.3, 0.4) is 0 Å². The predicted molar refractivity (Wildman–Crippen MR) is 257 cm³/mol. The van der Waals surface area contributed by atoms with Gasteiger partial charge in [0.25, 0.3) is 0 Å². The lowest BCUT2D eigenvalue weighted by Crippen LogP contribution is -2.31. The molecule has 3 saturated carbocycles. The van der Waals surface area contributed by atoms with Gasteiger partial charge in [0.05, 0.1) is 76.2 Å². The van der Waals surface area contributed by atoms with Crippen LogP contribution in [0, 0.1) is 35.5 Å². The smallest absolute Gasteiger partial charge is 0.341 e. The van der Waals surface area contributed by atoms with Gasteiger partial charge in [0.15, 0.2) is 0 Å². The number of benzene rings is 2. The maximum atomic E-state index is 13.4. The molecule has 0 aliphatic heterocycles. The van der Waals surface area contributed by atoms with E-state index in [2.05, 4.69) is 13.2 Å². The molecule has 400 valence electrons. The highest BCUT2D eigenvalue weighted by atomic mass is 16.6. The van der Waals surface area contributed by atoms with Gasteiger partial charge in [0.1, 0.15) is 34.1 Å². The average molecular weight is 1030 g/mol. The first-order valence-corrected chi connectivity index (χ1v) is 24.9. The minimum Gasteiger partial charge on any atom is -0.465 e. The zero-order valence-electron chi connectivity index (χ0n) is 41.8. The van der Waals surface area contributed by atoms with Crippen LogP contribution in [0.1, 0.15) is 123 Å². The van der Waals surface area contributed by atoms with Crippen molar-refractivity contribution in [2.45, 2.75) is 103 Å². The summed E-state index contributed by atoms with van der Waals surface area (Å²) in [4.78, 5) is 126. The number of carbonyl (C=O) groups is 10. The van der Waals surface area contributed by atoms with Gasteiger partial charge in [-0.05, 0) is 139 Å². The van der Waals surface area contributed by atoms with Gasteiger partial charge in [-0.3, -0.25) is 28.8 Å². The molecule has 2 aromatic rings. The lowest BCUT2D eigenvalue weighted by Gasteiger charge is -2.26. The Balaban J connectivity index is 1.05. The van der Waals surface area contributed by atoms with Crippen LogP contribution in [0.25, 0.3) is 0 Å². The van der Waals surface area contributed by atoms with E-state index in [-0.39, 0.29) is 110 Å². The lowest BCUT2D eigenvalue weighted by atomic mass is 9.82. The summed E-state index contributed by atoms with van der Waals surface area (Å²) in [7, 11) is 2.29. The van der Waals surface area contributed by atoms with Crippen LogP contribution in [-0.2, 0) is 66.8 Å². The number of hydrogen-bond acceptors (Lipinski definition) is 20. The third-order valence-corrected chi connectivity index (χ3v) is 13.1. The van der Waals surface area contributed by atoms with Gasteiger partial charge in [0.2, 0.25) is 0 Å². The van der Waals surface area contributed by atoms with Gasteiger partial charge in [0, 0.05) is 12.2 Å². The van der Waals surface area contributed by atoms with Crippen LogP contribution in [-0.4, -0.2) is 100 Å². The molecule has 0 unspecified atom stereocenters. The number of methoxy groups -OCH3 is 2. The van der Waals surface area contributed by atoms with Crippen LogP contribution >= 0.6 is 0 Å². The number of esters is 10. The Morgan fingerprint density at radius 2 is 0.676 bits per heavy atom. The van der Waals surface area contributed by atoms with Gasteiger partial charge in [-0.25, -0.2) is 19.2 Å². The second kappa shape index (κ2) is 29.4. The summed E-state index contributed by atoms with van der Waals surface area (Å²) in [6.45, 7) is 7.41. The first-order valence-electron chi connectivity index (χ1n) is 24.9. The van der Waals surface area contributed by atoms with Gasteiger partial charge in [-0.15, -0.1) is 0 Å². The van der Waals surface area contributed by atoms with Crippen LogP contribution in [0.5, 0.6) is 23.0 Å². The molecule has 0 aromatic heterocycles. The van der Waals surface area contributed by atoms with Crippen molar-refractivity contribution in [1.29, 1.82) is 0 Å². The SMILES string of the molecule is C=CC(=O)OCCCCOC(=O)[C@H]1CC[C@H](C(=O)Oc2ccc(OC(=O)[C@H]3CC[C@H](C(=O)Oc4ccc(OC(=O)[C@H]5CC[C@H](C(=O)OCCCCOC(=O)C=C)CC5)cc4C(=O)OC)CC3)c(C(=O)OC)c2)CC1. The topological polar surface area (TPSA) is 263 Å². The fraction of sp³-hybridized carbons (Fsp3) is 0.519. The van der Waals surface area contributed by atoms with Crippen molar-refractivity contribution in [3.63, 3.8) is 0 Å². The van der Waals surface area contributed by atoms with Crippen molar-refractivity contribution < 1.29 is 95.3 Å². The quantitative estimate of drug-likeness (QED) is 0.0333. The van der Waals surface area contributed by atoms with Crippen LogP contribution < -0.4 is 18.9 Å². The summed E-state index contributed by atoms with van der Waals surface area (Å²) in [5, 5.41) is 0. The molecule has 0 saturated heterocycles. The molecule has 3 aliphatic rings. The van der Waals surface area contributed by atoms with E-state index < -0.39 is 71.4 Å². The summed E-state index contributed by atoms with van der Waals surface area (Å²) >= 11 is 0. The molecule has 0 spiro atoms. The fourth-order valence-electron chi connectivity index (χ4n) is 8.79. The Morgan fingerprint density at radius 3 is 0.959 bits per heavy atom. The highest BCUT2D eigenvalue weighted by molar-refractivity contribution is 5.95. The maximum Gasteiger partial charge on any atom is 0.341 e. The van der Waals surface area contributed by atoms with E-state index in [0.29, 0.717) is 77.0 Å². The molecule has 20 nitrogen and oxygen atoms in total. The third kappa shape index (κ3) is 17.4. The summed E-state index contributed by atoms with van der Waals surface area (Å²) in [6, 6.07) is 7.90. The zero-order chi connectivity index (χ0) is 53.6. The molecule has 20 heteroatoms. The molecule has 74 heavy (non-hydrogen) atoms. The highest BCUT2D eigenvalue weighted by Gasteiger charge is 2.36. The molecular formula is C54H64O20. The Morgan fingerprint density at radius 1 is 0.405 bits per heavy atom. The molecule has 5 rings (SSSR count). The molecule has 0 amide bonds. The van der Waals surface area contributed by atoms with Crippen molar-refractivity contribution in [3.8, 4) is 23.0 Å². The first-order chi connectivity index (χ1) is 35.6. The minimum absolute atomic E-state index is 0.0211. The van der Waals surface area contributed by atoms with Crippen LogP contribution in [0.15, 0.2) is 61.7 Å². The molecule has 0 N–H and O–H groups in total. The molecule has 0 radical (unpaired) electrons. The van der Waals surface area contributed by atoms with Crippen molar-refractivity contribution in [2.75, 3.05) is 40.6 Å². The van der Waals surface area contributed by atoms with E-state index in [0.717, 1.165) is 26.4 Å². The summed E-state index contributed by atoms with van der Waals surface area (Å²) in [6.07, 6.45) is 8.37. The number of carbonyl (C=O) groups excluding carboxylic acids is 10. The number of unbranched alkanes of at least 4 members (excludes halogenated alkanes) is 2. The second-order valence-corrected chi connectivity index (χ2v) is 18.1. The van der Waals surface area contributed by atoms with Gasteiger partial charge >= 0.3 is 59.7 Å². The normalized spacial score (nSPS) is 20.2. The van der Waals surface area contributed by atoms with Crippen molar-refractivity contribution in [2.24, 2.45) is 35.5 Å². The van der Waals surface area contributed by atoms with Crippen molar-refractivity contribution in [3.05, 3.63) is 72.8 Å². The van der Waals surface area contributed by atoms with E-state index in [1.807, 2.05) is 0 Å². The molecule has 3 aliphatic carbocycles. The van der Waals surface area contributed by atoms with E-state index in [1.165, 1.54) is 36.4 Å². The van der Waals surface area contributed by atoms with Gasteiger partial charge in [-0.1, -0.05) is 13.2 Å². The Kier molecular flexibility index (Phi) is 22.8. The maximum absolute atomic E-state index is 13.4. The first kappa shape index (κ1) is 57.5. The van der Waals surface area contributed by atoms with E-state index in [4.69, 9.17) is 47.4 Å². The van der Waals surface area contributed by atoms with Crippen LogP contribution in [0.2, 0.25) is 0 Å². The zero-order valence-corrected chi connectivity index (χ0v) is 41.8. The summed E-state index contributed by atoms with van der Waals surface area (Å²) < 4.78 is 52.9. The van der Waals surface area contributed by atoms with Crippen molar-refractivity contribution in [1.82, 2.24) is 0 Å². The standard InChI is InChI=1S/C54H64O20/c1-5-45(55)67-27-7-9-29-69-47(57)33-11-15-35(16-12-33)49(59)71-39-23-25-43(41(31-39)53(63)65-3)73-51(61)37-19-21-38(22-20-37)52(62)74-44-26-24-40(32-42(44)54(64)66-4)72-50(60)36-17-13-34(14-18-36)48(58)70-30-10-8-28-68-46(56)6-2/h5-6,23-26,31-38H,1-2,7-22,27-30H2,3-4H3/t33-,34-,35-,36-,37-,38-. The Labute approximate surface area is 428 Å². The number of ether oxygens (including phenoxy) is 10. The Bertz CT molecular complexity index is 2200. The second-order valence-electron chi connectivity index (χ2n) is 18.1. The summed E-state index contributed by atoms with van der Waals surface area (Å²) in [5.41, 5.74) is -0.317. The number of hydrogen-bond donors (Lipinski definition) is 0. The molecule has 0 bridgehead atoms. The van der Waals surface area contributed by atoms with E-state index in [1.54, 1.807) is 0 Å². The van der Waals surface area contributed by atoms with Crippen molar-refractivity contribution >= 4 is 59.7 Å². The lowest BCUT2D eigenvalue weighted by molar-refractivity contribution is -0.152. The van der Waals surface area contributed by atoms with E-state index in [9.17, 15) is 47.9 Å². The highest BCUT2D eigenvalue weighted by Crippen LogP contribution is 2.36. The predicted octanol–water partition coefficient (Wildman–Crippen LogP) is 7.11. The number of rotatable bonds is 24. The molecule has 3 fully saturated rings. The monoisotopic (exact) mass is 1030 g/mol. The minimum atomic E-state index is -0.846. The molecular weight excluding hydrogens is 969 g/mol. The average Bonchev–Trinajstić information content (AvgIpc) is 3.42. The fourth-order valence-corrected chi connectivity index (χ4v) is 8.79. The molecule has 2 aromatic carbocycles. The molecule has 0 heterocycles. The third-order valence-electron chi connectivity index (χ3n) is 13.1.